The molecule has 1 saturated heterocycles. The van der Waals surface area contributed by atoms with Crippen LogP contribution in [0.3, 0.4) is 0 Å². The molecule has 2 aliphatic rings. The number of hydrogen-bond acceptors (Lipinski definition) is 4. The Bertz CT molecular complexity index is 672. The number of piperidine rings is 1. The van der Waals surface area contributed by atoms with E-state index >= 15 is 0 Å². The molecule has 1 aliphatic carbocycles. The van der Waals surface area contributed by atoms with Crippen LogP contribution in [-0.4, -0.2) is 34.9 Å². The third-order valence-corrected chi connectivity index (χ3v) is 5.47. The molecule has 4 heteroatoms. The van der Waals surface area contributed by atoms with Gasteiger partial charge in [-0.15, -0.1) is 0 Å². The summed E-state index contributed by atoms with van der Waals surface area (Å²) in [5.74, 6) is -0.633. The molecule has 140 valence electrons. The van der Waals surface area contributed by atoms with Gasteiger partial charge >= 0.3 is 0 Å². The van der Waals surface area contributed by atoms with Gasteiger partial charge in [0.1, 0.15) is 17.5 Å². The average Bonchev–Trinajstić information content (AvgIpc) is 2.52. The zero-order chi connectivity index (χ0) is 18.9. The number of carbonyl (C=O) groups excluding carboxylic acids is 2. The lowest BCUT2D eigenvalue weighted by atomic mass is 9.77. The zero-order valence-corrected chi connectivity index (χ0v) is 16.3. The standard InChI is InChI=1S/C22H30N2O2/c1-21(2)12-17(13-22(3,4)24-21)23-14-18-19(25)10-16(11-20(18)26)15-8-6-5-7-9-15/h5-9,14,16-18,24H,10-13H2,1-4H3. The quantitative estimate of drug-likeness (QED) is 0.665. The summed E-state index contributed by atoms with van der Waals surface area (Å²) in [6.07, 6.45) is 4.32. The van der Waals surface area contributed by atoms with Gasteiger partial charge in [0.25, 0.3) is 0 Å². The van der Waals surface area contributed by atoms with Crippen molar-refractivity contribution in [3.05, 3.63) is 35.9 Å². The van der Waals surface area contributed by atoms with Gasteiger partial charge < -0.3 is 5.32 Å². The van der Waals surface area contributed by atoms with Crippen LogP contribution >= 0.6 is 0 Å². The highest BCUT2D eigenvalue weighted by Gasteiger charge is 2.38. The van der Waals surface area contributed by atoms with Crippen LogP contribution in [-0.2, 0) is 9.59 Å². The fraction of sp³-hybridized carbons (Fsp3) is 0.591. The number of hydrogen-bond donors (Lipinski definition) is 1. The maximum Gasteiger partial charge on any atom is 0.149 e. The third-order valence-electron chi connectivity index (χ3n) is 5.47. The number of rotatable bonds is 3. The molecule has 0 unspecified atom stereocenters. The minimum absolute atomic E-state index is 0.00272. The molecule has 1 N–H and O–H groups in total. The number of nitrogens with zero attached hydrogens (tertiary/aromatic N) is 1. The molecule has 2 fully saturated rings. The molecule has 1 aromatic carbocycles. The maximum atomic E-state index is 12.6. The third kappa shape index (κ3) is 4.47. The normalized spacial score (nSPS) is 29.2. The van der Waals surface area contributed by atoms with Crippen molar-refractivity contribution in [2.24, 2.45) is 10.9 Å². The summed E-state index contributed by atoms with van der Waals surface area (Å²) < 4.78 is 0. The molecule has 1 heterocycles. The lowest BCUT2D eigenvalue weighted by molar-refractivity contribution is -0.133. The molecule has 0 radical (unpaired) electrons. The number of ketones is 2. The number of Topliss-reactive ketones (excluding diaryl/α,β-unsaturated/α-hetero) is 2. The Labute approximate surface area is 156 Å². The van der Waals surface area contributed by atoms with Gasteiger partial charge in [-0.1, -0.05) is 30.3 Å². The van der Waals surface area contributed by atoms with Gasteiger partial charge in [-0.2, -0.15) is 0 Å². The number of aliphatic imine (C=N–C) groups is 1. The molecular weight excluding hydrogens is 324 g/mol. The summed E-state index contributed by atoms with van der Waals surface area (Å²) in [6.45, 7) is 8.71. The van der Waals surface area contributed by atoms with E-state index in [1.165, 1.54) is 0 Å². The van der Waals surface area contributed by atoms with Crippen molar-refractivity contribution >= 4 is 17.8 Å². The highest BCUT2D eigenvalue weighted by atomic mass is 16.2. The van der Waals surface area contributed by atoms with Gasteiger partial charge in [0, 0.05) is 30.1 Å². The molecule has 3 rings (SSSR count). The van der Waals surface area contributed by atoms with E-state index in [1.54, 1.807) is 6.21 Å². The van der Waals surface area contributed by atoms with Crippen LogP contribution in [0.15, 0.2) is 35.3 Å². The van der Waals surface area contributed by atoms with Gasteiger partial charge in [-0.3, -0.25) is 14.6 Å². The summed E-state index contributed by atoms with van der Waals surface area (Å²) in [7, 11) is 0. The predicted octanol–water partition coefficient (Wildman–Crippen LogP) is 3.70. The van der Waals surface area contributed by atoms with E-state index in [0.717, 1.165) is 18.4 Å². The van der Waals surface area contributed by atoms with E-state index in [0.29, 0.717) is 12.8 Å². The van der Waals surface area contributed by atoms with Crippen molar-refractivity contribution in [1.82, 2.24) is 5.32 Å². The molecule has 0 spiro atoms. The van der Waals surface area contributed by atoms with Gasteiger partial charge in [0.15, 0.2) is 0 Å². The summed E-state index contributed by atoms with van der Waals surface area (Å²) in [6, 6.07) is 10.0. The van der Waals surface area contributed by atoms with E-state index in [-0.39, 0.29) is 34.6 Å². The Morgan fingerprint density at radius 3 is 2.04 bits per heavy atom. The fourth-order valence-electron chi connectivity index (χ4n) is 4.70. The van der Waals surface area contributed by atoms with Crippen molar-refractivity contribution in [3.63, 3.8) is 0 Å². The topological polar surface area (TPSA) is 58.5 Å². The Morgan fingerprint density at radius 1 is 0.962 bits per heavy atom. The molecule has 0 atom stereocenters. The zero-order valence-electron chi connectivity index (χ0n) is 16.3. The first kappa shape index (κ1) is 19.0. The van der Waals surface area contributed by atoms with Crippen LogP contribution in [0.5, 0.6) is 0 Å². The fourth-order valence-corrected chi connectivity index (χ4v) is 4.70. The van der Waals surface area contributed by atoms with Gasteiger partial charge in [0.2, 0.25) is 0 Å². The largest absolute Gasteiger partial charge is 0.307 e. The molecular formula is C22H30N2O2. The van der Waals surface area contributed by atoms with E-state index in [4.69, 9.17) is 4.99 Å². The second-order valence-corrected chi connectivity index (χ2v) is 9.18. The van der Waals surface area contributed by atoms with E-state index in [1.807, 2.05) is 30.3 Å². The van der Waals surface area contributed by atoms with E-state index < -0.39 is 5.92 Å². The summed E-state index contributed by atoms with van der Waals surface area (Å²) in [5, 5.41) is 3.63. The van der Waals surface area contributed by atoms with Crippen molar-refractivity contribution in [2.45, 2.75) is 76.4 Å². The first-order valence-corrected chi connectivity index (χ1v) is 9.58. The first-order valence-electron chi connectivity index (χ1n) is 9.58. The molecule has 26 heavy (non-hydrogen) atoms. The number of carbonyl (C=O) groups is 2. The summed E-state index contributed by atoms with van der Waals surface area (Å²) in [4.78, 5) is 29.9. The molecule has 1 saturated carbocycles. The predicted molar refractivity (Wildman–Crippen MR) is 105 cm³/mol. The lowest BCUT2D eigenvalue weighted by Crippen LogP contribution is -2.58. The van der Waals surface area contributed by atoms with Crippen molar-refractivity contribution in [1.29, 1.82) is 0 Å². The van der Waals surface area contributed by atoms with Crippen LogP contribution in [0, 0.1) is 5.92 Å². The van der Waals surface area contributed by atoms with Gasteiger partial charge in [-0.05, 0) is 52.0 Å². The first-order chi connectivity index (χ1) is 12.2. The van der Waals surface area contributed by atoms with Crippen LogP contribution in [0.25, 0.3) is 0 Å². The van der Waals surface area contributed by atoms with Crippen molar-refractivity contribution in [2.75, 3.05) is 0 Å². The van der Waals surface area contributed by atoms with Crippen LogP contribution < -0.4 is 5.32 Å². The molecule has 0 aromatic heterocycles. The summed E-state index contributed by atoms with van der Waals surface area (Å²) >= 11 is 0. The molecule has 1 aliphatic heterocycles. The second kappa shape index (κ2) is 7.07. The molecule has 0 bridgehead atoms. The van der Waals surface area contributed by atoms with Crippen molar-refractivity contribution < 1.29 is 9.59 Å². The van der Waals surface area contributed by atoms with Gasteiger partial charge in [-0.25, -0.2) is 0 Å². The highest BCUT2D eigenvalue weighted by Crippen LogP contribution is 2.33. The molecule has 1 aromatic rings. The second-order valence-electron chi connectivity index (χ2n) is 9.18. The molecule has 4 nitrogen and oxygen atoms in total. The average molecular weight is 354 g/mol. The summed E-state index contributed by atoms with van der Waals surface area (Å²) in [5.41, 5.74) is 1.08. The minimum atomic E-state index is -0.656. The van der Waals surface area contributed by atoms with E-state index in [9.17, 15) is 9.59 Å². The number of nitrogens with one attached hydrogen (secondary N) is 1. The Balaban J connectivity index is 1.68. The lowest BCUT2D eigenvalue weighted by Gasteiger charge is -2.45. The van der Waals surface area contributed by atoms with Crippen LogP contribution in [0.2, 0.25) is 0 Å². The maximum absolute atomic E-state index is 12.6. The Hall–Kier alpha value is -1.81. The molecule has 0 amide bonds. The van der Waals surface area contributed by atoms with Gasteiger partial charge in [0.05, 0.1) is 6.04 Å². The Morgan fingerprint density at radius 2 is 1.50 bits per heavy atom. The Kier molecular flexibility index (Phi) is 5.16. The monoisotopic (exact) mass is 354 g/mol. The highest BCUT2D eigenvalue weighted by molar-refractivity contribution is 6.16. The van der Waals surface area contributed by atoms with Crippen LogP contribution in [0.4, 0.5) is 0 Å². The minimum Gasteiger partial charge on any atom is -0.307 e. The smallest absolute Gasteiger partial charge is 0.149 e. The van der Waals surface area contributed by atoms with Crippen molar-refractivity contribution in [3.8, 4) is 0 Å². The number of benzene rings is 1. The van der Waals surface area contributed by atoms with E-state index in [2.05, 4.69) is 33.0 Å². The van der Waals surface area contributed by atoms with Crippen LogP contribution in [0.1, 0.15) is 64.9 Å². The SMILES string of the molecule is CC1(C)CC(N=CC2C(=O)CC(c3ccccc3)CC2=O)CC(C)(C)N1.